The molecular weight excluding hydrogens is 390 g/mol. The molecule has 1 N–H and O–H groups in total. The maximum Gasteiger partial charge on any atom is 0.231 e. The van der Waals surface area contributed by atoms with Gasteiger partial charge in [-0.05, 0) is 23.3 Å². The van der Waals surface area contributed by atoms with Crippen molar-refractivity contribution in [2.45, 2.75) is 17.7 Å². The molecule has 150 valence electrons. The molecule has 0 saturated heterocycles. The van der Waals surface area contributed by atoms with Gasteiger partial charge in [-0.3, -0.25) is 4.79 Å². The van der Waals surface area contributed by atoms with E-state index in [1.807, 2.05) is 91.0 Å². The molecule has 3 aromatic carbocycles. The van der Waals surface area contributed by atoms with Crippen molar-refractivity contribution in [2.75, 3.05) is 5.75 Å². The lowest BCUT2D eigenvalue weighted by Crippen LogP contribution is -2.30. The van der Waals surface area contributed by atoms with Gasteiger partial charge < -0.3 is 9.88 Å². The van der Waals surface area contributed by atoms with Crippen LogP contribution in [0.15, 0.2) is 103 Å². The van der Waals surface area contributed by atoms with Gasteiger partial charge in [-0.2, -0.15) is 0 Å². The van der Waals surface area contributed by atoms with Crippen molar-refractivity contribution < 1.29 is 4.79 Å². The van der Waals surface area contributed by atoms with E-state index in [4.69, 9.17) is 4.98 Å². The minimum atomic E-state index is -0.188. The Morgan fingerprint density at radius 1 is 0.967 bits per heavy atom. The number of aromatic nitrogens is 2. The zero-order valence-corrected chi connectivity index (χ0v) is 17.4. The van der Waals surface area contributed by atoms with E-state index in [1.54, 1.807) is 0 Å². The number of hydrogen-bond acceptors (Lipinski definition) is 3. The predicted octanol–water partition coefficient (Wildman–Crippen LogP) is 5.22. The Labute approximate surface area is 180 Å². The summed E-state index contributed by atoms with van der Waals surface area (Å²) >= 11 is 1.45. The van der Waals surface area contributed by atoms with Crippen molar-refractivity contribution in [1.82, 2.24) is 14.9 Å². The van der Waals surface area contributed by atoms with E-state index in [0.717, 1.165) is 27.3 Å². The lowest BCUT2D eigenvalue weighted by atomic mass is 9.99. The molecule has 0 aliphatic carbocycles. The molecule has 4 aromatic rings. The van der Waals surface area contributed by atoms with E-state index in [-0.39, 0.29) is 17.7 Å². The van der Waals surface area contributed by atoms with Gasteiger partial charge in [-0.15, -0.1) is 6.58 Å². The summed E-state index contributed by atoms with van der Waals surface area (Å²) in [6.07, 6.45) is 1.85. The van der Waals surface area contributed by atoms with Crippen LogP contribution in [0.3, 0.4) is 0 Å². The largest absolute Gasteiger partial charge is 0.344 e. The molecule has 30 heavy (non-hydrogen) atoms. The van der Waals surface area contributed by atoms with Crippen LogP contribution in [0.5, 0.6) is 0 Å². The van der Waals surface area contributed by atoms with Crippen LogP contribution in [0.25, 0.3) is 11.0 Å². The Hall–Kier alpha value is -3.31. The first kappa shape index (κ1) is 20.0. The second-order valence-electron chi connectivity index (χ2n) is 6.89. The second-order valence-corrected chi connectivity index (χ2v) is 7.84. The summed E-state index contributed by atoms with van der Waals surface area (Å²) in [4.78, 5) is 17.6. The molecule has 4 nitrogen and oxygen atoms in total. The molecule has 0 atom stereocenters. The van der Waals surface area contributed by atoms with E-state index in [1.165, 1.54) is 11.8 Å². The van der Waals surface area contributed by atoms with Gasteiger partial charge in [0.2, 0.25) is 5.91 Å². The number of fused-ring (bicyclic) bond motifs is 1. The van der Waals surface area contributed by atoms with Gasteiger partial charge in [-0.25, -0.2) is 4.98 Å². The molecule has 0 aliphatic heterocycles. The van der Waals surface area contributed by atoms with Crippen LogP contribution in [0.1, 0.15) is 17.2 Å². The number of allylic oxidation sites excluding steroid dienone is 1. The van der Waals surface area contributed by atoms with Gasteiger partial charge in [0.15, 0.2) is 5.16 Å². The molecular formula is C25H23N3OS. The van der Waals surface area contributed by atoms with E-state index in [9.17, 15) is 4.79 Å². The highest BCUT2D eigenvalue weighted by Gasteiger charge is 2.18. The number of amides is 1. The minimum absolute atomic E-state index is 0.0325. The molecule has 0 saturated carbocycles. The van der Waals surface area contributed by atoms with Crippen molar-refractivity contribution in [3.63, 3.8) is 0 Å². The average molecular weight is 414 g/mol. The molecule has 0 aliphatic rings. The number of para-hydroxylation sites is 2. The number of benzene rings is 3. The molecule has 0 fully saturated rings. The first-order valence-electron chi connectivity index (χ1n) is 9.84. The highest BCUT2D eigenvalue weighted by atomic mass is 32.2. The van der Waals surface area contributed by atoms with Crippen LogP contribution in [0.2, 0.25) is 0 Å². The number of thioether (sulfide) groups is 1. The summed E-state index contributed by atoms with van der Waals surface area (Å²) in [5, 5.41) is 4.01. The molecule has 0 unspecified atom stereocenters. The fourth-order valence-corrected chi connectivity index (χ4v) is 4.29. The number of carbonyl (C=O) groups is 1. The predicted molar refractivity (Wildman–Crippen MR) is 124 cm³/mol. The lowest BCUT2D eigenvalue weighted by Gasteiger charge is -2.20. The summed E-state index contributed by atoms with van der Waals surface area (Å²) in [6.45, 7) is 4.50. The molecule has 4 rings (SSSR count). The van der Waals surface area contributed by atoms with Crippen LogP contribution in [-0.2, 0) is 11.3 Å². The van der Waals surface area contributed by atoms with Crippen molar-refractivity contribution >= 4 is 28.7 Å². The molecule has 1 heterocycles. The Balaban J connectivity index is 1.51. The van der Waals surface area contributed by atoms with Crippen LogP contribution in [0.4, 0.5) is 0 Å². The van der Waals surface area contributed by atoms with Crippen molar-refractivity contribution in [3.8, 4) is 0 Å². The SMILES string of the molecule is C=CCn1c(SCC(=O)NC(c2ccccc2)c2ccccc2)nc2ccccc21. The molecule has 5 heteroatoms. The summed E-state index contributed by atoms with van der Waals surface area (Å²) in [5.74, 6) is 0.256. The molecule has 0 bridgehead atoms. The van der Waals surface area contributed by atoms with Crippen molar-refractivity contribution in [1.29, 1.82) is 0 Å². The van der Waals surface area contributed by atoms with E-state index >= 15 is 0 Å². The number of nitrogens with zero attached hydrogens (tertiary/aromatic N) is 2. The summed E-state index contributed by atoms with van der Waals surface area (Å²) < 4.78 is 2.09. The quantitative estimate of drug-likeness (QED) is 0.318. The van der Waals surface area contributed by atoms with Crippen LogP contribution in [-0.4, -0.2) is 21.2 Å². The van der Waals surface area contributed by atoms with Crippen LogP contribution < -0.4 is 5.32 Å². The van der Waals surface area contributed by atoms with Crippen LogP contribution >= 0.6 is 11.8 Å². The van der Waals surface area contributed by atoms with E-state index < -0.39 is 0 Å². The third kappa shape index (κ3) is 4.47. The topological polar surface area (TPSA) is 46.9 Å². The Morgan fingerprint density at radius 3 is 2.20 bits per heavy atom. The first-order chi connectivity index (χ1) is 14.8. The zero-order chi connectivity index (χ0) is 20.8. The van der Waals surface area contributed by atoms with Crippen molar-refractivity contribution in [3.05, 3.63) is 109 Å². The molecule has 0 radical (unpaired) electrons. The summed E-state index contributed by atoms with van der Waals surface area (Å²) in [6, 6.07) is 27.9. The highest BCUT2D eigenvalue weighted by molar-refractivity contribution is 7.99. The molecule has 1 aromatic heterocycles. The third-order valence-electron chi connectivity index (χ3n) is 4.83. The standard InChI is InChI=1S/C25H23N3OS/c1-2-17-28-22-16-10-9-15-21(22)26-25(28)30-18-23(29)27-24(19-11-5-3-6-12-19)20-13-7-4-8-14-20/h2-16,24H,1,17-18H2,(H,27,29). The number of carbonyl (C=O) groups excluding carboxylic acids is 1. The smallest absolute Gasteiger partial charge is 0.231 e. The lowest BCUT2D eigenvalue weighted by molar-refractivity contribution is -0.119. The van der Waals surface area contributed by atoms with E-state index in [0.29, 0.717) is 6.54 Å². The minimum Gasteiger partial charge on any atom is -0.344 e. The number of rotatable bonds is 8. The third-order valence-corrected chi connectivity index (χ3v) is 5.81. The van der Waals surface area contributed by atoms with Gasteiger partial charge >= 0.3 is 0 Å². The summed E-state index contributed by atoms with van der Waals surface area (Å²) in [7, 11) is 0. The number of hydrogen-bond donors (Lipinski definition) is 1. The fourth-order valence-electron chi connectivity index (χ4n) is 3.45. The number of nitrogens with one attached hydrogen (secondary N) is 1. The van der Waals surface area contributed by atoms with Gasteiger partial charge in [0.25, 0.3) is 0 Å². The fraction of sp³-hybridized carbons (Fsp3) is 0.120. The maximum absolute atomic E-state index is 12.9. The second kappa shape index (κ2) is 9.46. The average Bonchev–Trinajstić information content (AvgIpc) is 3.15. The Morgan fingerprint density at radius 2 is 1.57 bits per heavy atom. The van der Waals surface area contributed by atoms with Gasteiger partial charge in [0, 0.05) is 6.54 Å². The zero-order valence-electron chi connectivity index (χ0n) is 16.6. The monoisotopic (exact) mass is 413 g/mol. The molecule has 1 amide bonds. The normalized spacial score (nSPS) is 11.0. The van der Waals surface area contributed by atoms with Gasteiger partial charge in [0.05, 0.1) is 22.8 Å². The first-order valence-corrected chi connectivity index (χ1v) is 10.8. The Kier molecular flexibility index (Phi) is 6.30. The molecule has 0 spiro atoms. The Bertz CT molecular complexity index is 1100. The van der Waals surface area contributed by atoms with Crippen molar-refractivity contribution in [2.24, 2.45) is 0 Å². The summed E-state index contributed by atoms with van der Waals surface area (Å²) in [5.41, 5.74) is 4.09. The van der Waals surface area contributed by atoms with E-state index in [2.05, 4.69) is 16.5 Å². The van der Waals surface area contributed by atoms with Gasteiger partial charge in [0.1, 0.15) is 0 Å². The van der Waals surface area contributed by atoms with Gasteiger partial charge in [-0.1, -0.05) is 90.6 Å². The van der Waals surface area contributed by atoms with Crippen LogP contribution in [0, 0.1) is 0 Å². The highest BCUT2D eigenvalue weighted by Crippen LogP contribution is 2.25. The number of imidazole rings is 1. The maximum atomic E-state index is 12.9.